The Morgan fingerprint density at radius 2 is 1.97 bits per heavy atom. The lowest BCUT2D eigenvalue weighted by atomic mass is 10.0. The number of hydrogen-bond acceptors (Lipinski definition) is 9. The second kappa shape index (κ2) is 10.1. The highest BCUT2D eigenvalue weighted by atomic mass is 32.2. The highest BCUT2D eigenvalue weighted by molar-refractivity contribution is 8.00. The predicted molar refractivity (Wildman–Crippen MR) is 124 cm³/mol. The number of hydrogen-bond donors (Lipinski definition) is 2. The largest absolute Gasteiger partial charge is 0.477 e. The van der Waals surface area contributed by atoms with Crippen LogP contribution >= 0.6 is 23.1 Å². The molecule has 0 saturated carbocycles. The number of thiophene rings is 1. The minimum absolute atomic E-state index is 0.00420. The Balaban J connectivity index is 1.51. The molecule has 12 heteroatoms. The molecule has 1 aromatic carbocycles. The van der Waals surface area contributed by atoms with Crippen molar-refractivity contribution in [1.82, 2.24) is 10.2 Å². The molecule has 1 saturated heterocycles. The lowest BCUT2D eigenvalue weighted by Gasteiger charge is -2.49. The Morgan fingerprint density at radius 1 is 1.21 bits per heavy atom. The third-order valence-electron chi connectivity index (χ3n) is 4.94. The van der Waals surface area contributed by atoms with Crippen molar-refractivity contribution in [2.75, 3.05) is 12.4 Å². The quantitative estimate of drug-likeness (QED) is 0.242. The number of amides is 2. The SMILES string of the molecule is CC(=O)OCC1=C(C(=O)O)N2C(=O)[C@@H](NC(=O)C(=NOc3ccccc3)c3cccs3)[C@H]2SC1. The molecule has 2 aliphatic heterocycles. The molecular weight excluding hydrogens is 482 g/mol. The Kier molecular flexibility index (Phi) is 6.98. The average Bonchev–Trinajstić information content (AvgIpc) is 3.35. The molecule has 0 spiro atoms. The van der Waals surface area contributed by atoms with E-state index in [1.54, 1.807) is 41.8 Å². The summed E-state index contributed by atoms with van der Waals surface area (Å²) in [6.45, 7) is 0.998. The molecular formula is C22H19N3O7S2. The van der Waals surface area contributed by atoms with Crippen molar-refractivity contribution in [3.05, 3.63) is 64.0 Å². The maximum atomic E-state index is 13.1. The van der Waals surface area contributed by atoms with Gasteiger partial charge >= 0.3 is 11.9 Å². The monoisotopic (exact) mass is 501 g/mol. The van der Waals surface area contributed by atoms with E-state index in [1.165, 1.54) is 30.0 Å². The van der Waals surface area contributed by atoms with E-state index in [1.807, 2.05) is 6.07 Å². The van der Waals surface area contributed by atoms with Gasteiger partial charge in [0.25, 0.3) is 11.8 Å². The first kappa shape index (κ1) is 23.5. The van der Waals surface area contributed by atoms with Gasteiger partial charge in [0.1, 0.15) is 23.7 Å². The molecule has 0 radical (unpaired) electrons. The van der Waals surface area contributed by atoms with E-state index in [0.717, 1.165) is 4.90 Å². The topological polar surface area (TPSA) is 135 Å². The van der Waals surface area contributed by atoms with Crippen LogP contribution in [-0.4, -0.2) is 63.2 Å². The van der Waals surface area contributed by atoms with Gasteiger partial charge in [0.2, 0.25) is 0 Å². The highest BCUT2D eigenvalue weighted by Gasteiger charge is 2.54. The Morgan fingerprint density at radius 3 is 2.62 bits per heavy atom. The molecule has 3 heterocycles. The molecule has 2 N–H and O–H groups in total. The van der Waals surface area contributed by atoms with Gasteiger partial charge in [-0.05, 0) is 23.6 Å². The first-order valence-corrected chi connectivity index (χ1v) is 12.0. The molecule has 2 amide bonds. The summed E-state index contributed by atoms with van der Waals surface area (Å²) in [6, 6.07) is 11.2. The number of aliphatic carboxylic acids is 1. The standard InChI is InChI=1S/C22H19N3O7S2/c1-12(26)31-10-13-11-34-21-17(20(28)25(21)18(13)22(29)30)23-19(27)16(15-8-5-9-33-15)24-32-14-6-3-2-4-7-14/h2-9,17,21H,10-11H2,1H3,(H,23,27)(H,29,30)/t17-,21-/m1/s1. The van der Waals surface area contributed by atoms with E-state index < -0.39 is 35.2 Å². The van der Waals surface area contributed by atoms with Gasteiger partial charge in [-0.2, -0.15) is 0 Å². The number of β-lactam (4-membered cyclic amide) rings is 1. The second-order valence-corrected chi connectivity index (χ2v) is 9.27. The van der Waals surface area contributed by atoms with Gasteiger partial charge in [-0.3, -0.25) is 19.3 Å². The fourth-order valence-corrected chi connectivity index (χ4v) is 5.41. The van der Waals surface area contributed by atoms with E-state index in [0.29, 0.717) is 16.2 Å². The maximum absolute atomic E-state index is 13.1. The van der Waals surface area contributed by atoms with Crippen LogP contribution < -0.4 is 10.2 Å². The van der Waals surface area contributed by atoms with Crippen LogP contribution in [0.15, 0.2) is 64.3 Å². The molecule has 0 bridgehead atoms. The minimum atomic E-state index is -1.30. The van der Waals surface area contributed by atoms with Crippen molar-refractivity contribution in [2.24, 2.45) is 5.16 Å². The number of fused-ring (bicyclic) bond motifs is 1. The minimum Gasteiger partial charge on any atom is -0.477 e. The number of rotatable bonds is 8. The van der Waals surface area contributed by atoms with Gasteiger partial charge < -0.3 is 20.0 Å². The van der Waals surface area contributed by atoms with Gasteiger partial charge in [-0.15, -0.1) is 23.1 Å². The molecule has 4 rings (SSSR count). The molecule has 2 aromatic rings. The lowest BCUT2D eigenvalue weighted by molar-refractivity contribution is -0.150. The number of benzene rings is 1. The van der Waals surface area contributed by atoms with Crippen molar-refractivity contribution in [2.45, 2.75) is 18.3 Å². The molecule has 2 aliphatic rings. The predicted octanol–water partition coefficient (Wildman–Crippen LogP) is 1.83. The smallest absolute Gasteiger partial charge is 0.352 e. The number of nitrogens with one attached hydrogen (secondary N) is 1. The zero-order chi connectivity index (χ0) is 24.2. The van der Waals surface area contributed by atoms with Crippen LogP contribution in [0, 0.1) is 0 Å². The van der Waals surface area contributed by atoms with Gasteiger partial charge in [0.15, 0.2) is 11.5 Å². The molecule has 1 aromatic heterocycles. The van der Waals surface area contributed by atoms with Crippen molar-refractivity contribution < 1.29 is 33.9 Å². The van der Waals surface area contributed by atoms with Crippen LogP contribution in [-0.2, 0) is 23.9 Å². The number of carbonyl (C=O) groups excluding carboxylic acids is 3. The van der Waals surface area contributed by atoms with Gasteiger partial charge in [0.05, 0.1) is 4.88 Å². The summed E-state index contributed by atoms with van der Waals surface area (Å²) in [4.78, 5) is 55.9. The molecule has 0 aliphatic carbocycles. The van der Waals surface area contributed by atoms with Crippen LogP contribution in [0.1, 0.15) is 11.8 Å². The zero-order valence-electron chi connectivity index (χ0n) is 17.8. The summed E-state index contributed by atoms with van der Waals surface area (Å²) in [5, 5.41) is 17.5. The van der Waals surface area contributed by atoms with Crippen LogP contribution in [0.5, 0.6) is 5.75 Å². The van der Waals surface area contributed by atoms with Crippen molar-refractivity contribution >= 4 is 52.6 Å². The van der Waals surface area contributed by atoms with E-state index >= 15 is 0 Å². The summed E-state index contributed by atoms with van der Waals surface area (Å²) >= 11 is 2.56. The number of carbonyl (C=O) groups is 4. The summed E-state index contributed by atoms with van der Waals surface area (Å²) in [5.74, 6) is -2.38. The molecule has 0 unspecified atom stereocenters. The van der Waals surface area contributed by atoms with Crippen molar-refractivity contribution in [3.63, 3.8) is 0 Å². The Bertz CT molecular complexity index is 1180. The number of oxime groups is 1. The van der Waals surface area contributed by atoms with Crippen LogP contribution in [0.2, 0.25) is 0 Å². The third kappa shape index (κ3) is 4.82. The fourth-order valence-electron chi connectivity index (χ4n) is 3.38. The molecule has 1 fully saturated rings. The van der Waals surface area contributed by atoms with Crippen molar-refractivity contribution in [1.29, 1.82) is 0 Å². The number of ether oxygens (including phenoxy) is 1. The molecule has 176 valence electrons. The Labute approximate surface area is 202 Å². The highest BCUT2D eigenvalue weighted by Crippen LogP contribution is 2.40. The second-order valence-electron chi connectivity index (χ2n) is 7.22. The van der Waals surface area contributed by atoms with Crippen molar-refractivity contribution in [3.8, 4) is 5.75 Å². The number of esters is 1. The molecule has 10 nitrogen and oxygen atoms in total. The van der Waals surface area contributed by atoms with E-state index in [2.05, 4.69) is 10.5 Å². The number of carboxylic acid groups (broad SMARTS) is 1. The molecule has 34 heavy (non-hydrogen) atoms. The lowest BCUT2D eigenvalue weighted by Crippen LogP contribution is -2.71. The molecule has 2 atom stereocenters. The maximum Gasteiger partial charge on any atom is 0.352 e. The summed E-state index contributed by atoms with van der Waals surface area (Å²) < 4.78 is 4.92. The first-order valence-electron chi connectivity index (χ1n) is 10.0. The number of nitrogens with zero attached hydrogens (tertiary/aromatic N) is 2. The van der Waals surface area contributed by atoms with Crippen LogP contribution in [0.25, 0.3) is 0 Å². The normalized spacial score (nSPS) is 19.7. The van der Waals surface area contributed by atoms with Crippen LogP contribution in [0.4, 0.5) is 0 Å². The third-order valence-corrected chi connectivity index (χ3v) is 7.16. The zero-order valence-corrected chi connectivity index (χ0v) is 19.4. The fraction of sp³-hybridized carbons (Fsp3) is 0.227. The van der Waals surface area contributed by atoms with Gasteiger partial charge in [0, 0.05) is 18.2 Å². The summed E-state index contributed by atoms with van der Waals surface area (Å²) in [7, 11) is 0. The number of thioether (sulfide) groups is 1. The Hall–Kier alpha value is -3.64. The summed E-state index contributed by atoms with van der Waals surface area (Å²) in [6.07, 6.45) is 0. The van der Waals surface area contributed by atoms with E-state index in [-0.39, 0.29) is 23.8 Å². The average molecular weight is 502 g/mol. The van der Waals surface area contributed by atoms with Gasteiger partial charge in [-0.1, -0.05) is 29.4 Å². The number of carboxylic acids is 1. The number of para-hydroxylation sites is 1. The first-order chi connectivity index (χ1) is 16.4. The summed E-state index contributed by atoms with van der Waals surface area (Å²) in [5.41, 5.74) is 0.0923. The van der Waals surface area contributed by atoms with Crippen LogP contribution in [0.3, 0.4) is 0 Å². The van der Waals surface area contributed by atoms with E-state index in [4.69, 9.17) is 9.57 Å². The van der Waals surface area contributed by atoms with E-state index in [9.17, 15) is 24.3 Å². The van der Waals surface area contributed by atoms with Gasteiger partial charge in [-0.25, -0.2) is 4.79 Å².